The van der Waals surface area contributed by atoms with Gasteiger partial charge in [-0.25, -0.2) is 4.79 Å². The average Bonchev–Trinajstić information content (AvgIpc) is 3.33. The highest BCUT2D eigenvalue weighted by atomic mass is 16.2. The Morgan fingerprint density at radius 3 is 2.24 bits per heavy atom. The summed E-state index contributed by atoms with van der Waals surface area (Å²) in [6.07, 6.45) is 5.40. The first-order chi connectivity index (χ1) is 10.1. The number of benzene rings is 1. The molecule has 2 aliphatic carbocycles. The quantitative estimate of drug-likeness (QED) is 0.751. The van der Waals surface area contributed by atoms with E-state index in [1.165, 1.54) is 25.7 Å². The first-order valence-electron chi connectivity index (χ1n) is 8.04. The van der Waals surface area contributed by atoms with Crippen molar-refractivity contribution in [3.05, 3.63) is 29.8 Å². The molecule has 21 heavy (non-hydrogen) atoms. The number of carbonyl (C=O) groups excluding carboxylic acids is 1. The number of carbonyl (C=O) groups is 1. The number of nitrogens with one attached hydrogen (secondary N) is 2. The molecule has 4 N–H and O–H groups in total. The maximum Gasteiger partial charge on any atom is 0.319 e. The second kappa shape index (κ2) is 6.06. The zero-order valence-corrected chi connectivity index (χ0v) is 12.6. The van der Waals surface area contributed by atoms with Crippen LogP contribution in [-0.2, 0) is 0 Å². The fourth-order valence-corrected chi connectivity index (χ4v) is 3.02. The van der Waals surface area contributed by atoms with Crippen molar-refractivity contribution in [2.24, 2.45) is 23.5 Å². The molecule has 0 heterocycles. The summed E-state index contributed by atoms with van der Waals surface area (Å²) in [4.78, 5) is 12.0. The van der Waals surface area contributed by atoms with Crippen LogP contribution in [0.1, 0.15) is 44.2 Å². The lowest BCUT2D eigenvalue weighted by molar-refractivity contribution is 0.248. The van der Waals surface area contributed by atoms with E-state index in [9.17, 15) is 4.79 Å². The molecule has 1 unspecified atom stereocenters. The van der Waals surface area contributed by atoms with Gasteiger partial charge in [-0.15, -0.1) is 0 Å². The van der Waals surface area contributed by atoms with Gasteiger partial charge in [-0.1, -0.05) is 12.1 Å². The van der Waals surface area contributed by atoms with E-state index in [4.69, 9.17) is 5.73 Å². The average molecular weight is 287 g/mol. The molecule has 2 aliphatic rings. The van der Waals surface area contributed by atoms with Crippen LogP contribution in [-0.4, -0.2) is 12.6 Å². The van der Waals surface area contributed by atoms with Crippen LogP contribution in [0.25, 0.3) is 0 Å². The van der Waals surface area contributed by atoms with Crippen LogP contribution < -0.4 is 16.4 Å². The van der Waals surface area contributed by atoms with Crippen molar-refractivity contribution in [3.63, 3.8) is 0 Å². The molecule has 0 aliphatic heterocycles. The van der Waals surface area contributed by atoms with Crippen molar-refractivity contribution in [1.29, 1.82) is 0 Å². The predicted octanol–water partition coefficient (Wildman–Crippen LogP) is 3.26. The molecule has 4 nitrogen and oxygen atoms in total. The fourth-order valence-electron chi connectivity index (χ4n) is 3.02. The Bertz CT molecular complexity index is 477. The Hall–Kier alpha value is -1.55. The lowest BCUT2D eigenvalue weighted by atomic mass is 9.98. The van der Waals surface area contributed by atoms with Crippen molar-refractivity contribution in [2.45, 2.75) is 38.6 Å². The second-order valence-electron chi connectivity index (χ2n) is 6.58. The van der Waals surface area contributed by atoms with E-state index in [0.29, 0.717) is 5.92 Å². The minimum atomic E-state index is -0.102. The van der Waals surface area contributed by atoms with Crippen molar-refractivity contribution < 1.29 is 4.79 Å². The van der Waals surface area contributed by atoms with Gasteiger partial charge in [0, 0.05) is 18.3 Å². The first kappa shape index (κ1) is 14.4. The molecule has 1 aromatic carbocycles. The number of hydrogen-bond donors (Lipinski definition) is 3. The summed E-state index contributed by atoms with van der Waals surface area (Å²) in [6.45, 7) is 2.77. The third kappa shape index (κ3) is 3.97. The van der Waals surface area contributed by atoms with Crippen LogP contribution in [0.3, 0.4) is 0 Å². The third-order valence-corrected chi connectivity index (χ3v) is 4.65. The standard InChI is InChI=1S/C17H25N3O/c1-11(18)12-6-8-15(9-7-12)20-17(21)19-10-16(13-2-3-13)14-4-5-14/h6-9,11,13-14,16H,2-5,10,18H2,1H3,(H2,19,20,21). The minimum absolute atomic E-state index is 0.0192. The largest absolute Gasteiger partial charge is 0.338 e. The molecule has 2 amide bonds. The van der Waals surface area contributed by atoms with Crippen LogP contribution in [0, 0.1) is 17.8 Å². The molecule has 3 rings (SSSR count). The maximum atomic E-state index is 12.0. The van der Waals surface area contributed by atoms with Crippen LogP contribution in [0.2, 0.25) is 0 Å². The molecule has 2 saturated carbocycles. The maximum absolute atomic E-state index is 12.0. The summed E-state index contributed by atoms with van der Waals surface area (Å²) in [5, 5.41) is 5.93. The van der Waals surface area contributed by atoms with Gasteiger partial charge in [-0.2, -0.15) is 0 Å². The van der Waals surface area contributed by atoms with E-state index in [1.54, 1.807) is 0 Å². The zero-order valence-electron chi connectivity index (χ0n) is 12.6. The topological polar surface area (TPSA) is 67.1 Å². The minimum Gasteiger partial charge on any atom is -0.338 e. The van der Waals surface area contributed by atoms with Gasteiger partial charge in [0.25, 0.3) is 0 Å². The van der Waals surface area contributed by atoms with Crippen molar-refractivity contribution >= 4 is 11.7 Å². The predicted molar refractivity (Wildman–Crippen MR) is 85.0 cm³/mol. The Labute approximate surface area is 126 Å². The molecule has 0 radical (unpaired) electrons. The van der Waals surface area contributed by atoms with Gasteiger partial charge in [-0.3, -0.25) is 0 Å². The van der Waals surface area contributed by atoms with E-state index >= 15 is 0 Å². The highest BCUT2D eigenvalue weighted by Crippen LogP contribution is 2.48. The third-order valence-electron chi connectivity index (χ3n) is 4.65. The van der Waals surface area contributed by atoms with Gasteiger partial charge in [0.1, 0.15) is 0 Å². The van der Waals surface area contributed by atoms with Crippen LogP contribution >= 0.6 is 0 Å². The Kier molecular flexibility index (Phi) is 4.15. The highest BCUT2D eigenvalue weighted by Gasteiger charge is 2.41. The number of hydrogen-bond acceptors (Lipinski definition) is 2. The molecule has 0 saturated heterocycles. The zero-order chi connectivity index (χ0) is 14.8. The molecule has 1 aromatic rings. The molecule has 0 aromatic heterocycles. The molecule has 1 atom stereocenters. The second-order valence-corrected chi connectivity index (χ2v) is 6.58. The Morgan fingerprint density at radius 2 is 1.76 bits per heavy atom. The molecule has 2 fully saturated rings. The molecular formula is C17H25N3O. The van der Waals surface area contributed by atoms with Gasteiger partial charge in [-0.05, 0) is 68.1 Å². The molecular weight excluding hydrogens is 262 g/mol. The highest BCUT2D eigenvalue weighted by molar-refractivity contribution is 5.89. The van der Waals surface area contributed by atoms with E-state index in [1.807, 2.05) is 31.2 Å². The summed E-state index contributed by atoms with van der Waals surface area (Å²) in [7, 11) is 0. The monoisotopic (exact) mass is 287 g/mol. The lowest BCUT2D eigenvalue weighted by Crippen LogP contribution is -2.34. The fraction of sp³-hybridized carbons (Fsp3) is 0.588. The van der Waals surface area contributed by atoms with Crippen LogP contribution in [0.15, 0.2) is 24.3 Å². The Morgan fingerprint density at radius 1 is 1.19 bits per heavy atom. The van der Waals surface area contributed by atoms with E-state index in [0.717, 1.165) is 29.6 Å². The van der Waals surface area contributed by atoms with Crippen LogP contribution in [0.5, 0.6) is 0 Å². The van der Waals surface area contributed by atoms with Crippen LogP contribution in [0.4, 0.5) is 10.5 Å². The number of anilines is 1. The summed E-state index contributed by atoms with van der Waals surface area (Å²) < 4.78 is 0. The number of amides is 2. The smallest absolute Gasteiger partial charge is 0.319 e. The molecule has 0 spiro atoms. The summed E-state index contributed by atoms with van der Waals surface area (Å²) >= 11 is 0. The van der Waals surface area contributed by atoms with E-state index < -0.39 is 0 Å². The van der Waals surface area contributed by atoms with Gasteiger partial charge in [0.2, 0.25) is 0 Å². The summed E-state index contributed by atoms with van der Waals surface area (Å²) in [5.74, 6) is 2.43. The van der Waals surface area contributed by atoms with Gasteiger partial charge in [0.05, 0.1) is 0 Å². The van der Waals surface area contributed by atoms with Crippen molar-refractivity contribution in [3.8, 4) is 0 Å². The van der Waals surface area contributed by atoms with Crippen molar-refractivity contribution in [2.75, 3.05) is 11.9 Å². The molecule has 0 bridgehead atoms. The van der Waals surface area contributed by atoms with Crippen molar-refractivity contribution in [1.82, 2.24) is 5.32 Å². The summed E-state index contributed by atoms with van der Waals surface area (Å²) in [5.41, 5.74) is 7.70. The lowest BCUT2D eigenvalue weighted by Gasteiger charge is -2.16. The first-order valence-corrected chi connectivity index (χ1v) is 8.04. The van der Waals surface area contributed by atoms with E-state index in [2.05, 4.69) is 10.6 Å². The molecule has 4 heteroatoms. The summed E-state index contributed by atoms with van der Waals surface area (Å²) in [6, 6.07) is 7.63. The van der Waals surface area contributed by atoms with E-state index in [-0.39, 0.29) is 12.1 Å². The normalized spacial score (nSPS) is 19.4. The number of rotatable bonds is 6. The van der Waals surface area contributed by atoms with Gasteiger partial charge >= 0.3 is 6.03 Å². The number of urea groups is 1. The van der Waals surface area contributed by atoms with Gasteiger partial charge < -0.3 is 16.4 Å². The SMILES string of the molecule is CC(N)c1ccc(NC(=O)NCC(C2CC2)C2CC2)cc1. The number of nitrogens with two attached hydrogens (primary N) is 1. The van der Waals surface area contributed by atoms with Gasteiger partial charge in [0.15, 0.2) is 0 Å². The molecule has 114 valence electrons. The Balaban J connectivity index is 1.47.